The van der Waals surface area contributed by atoms with Crippen molar-refractivity contribution in [2.45, 2.75) is 50.0 Å². The Balaban J connectivity index is 2.51. The largest absolute Gasteiger partial charge is 0.388 e. The minimum Gasteiger partial charge on any atom is -0.388 e. The molecule has 1 saturated carbocycles. The molecule has 1 amide bonds. The molecule has 0 aromatic rings. The molecule has 0 aliphatic heterocycles. The fraction of sp³-hybridized carbons (Fsp3) is 0.917. The van der Waals surface area contributed by atoms with Gasteiger partial charge in [0.2, 0.25) is 5.91 Å². The monoisotopic (exact) mass is 291 g/mol. The second kappa shape index (κ2) is 5.50. The predicted molar refractivity (Wildman–Crippen MR) is 68.6 cm³/mol. The van der Waals surface area contributed by atoms with Gasteiger partial charge in [-0.2, -0.15) is 0 Å². The zero-order chi connectivity index (χ0) is 12.3. The molecule has 1 fully saturated rings. The van der Waals surface area contributed by atoms with E-state index in [9.17, 15) is 9.90 Å². The zero-order valence-corrected chi connectivity index (χ0v) is 12.0. The second-order valence-electron chi connectivity index (χ2n) is 5.27. The van der Waals surface area contributed by atoms with Crippen LogP contribution >= 0.6 is 15.9 Å². The maximum atomic E-state index is 12.0. The molecule has 3 nitrogen and oxygen atoms in total. The van der Waals surface area contributed by atoms with E-state index in [0.717, 1.165) is 25.7 Å². The molecule has 16 heavy (non-hydrogen) atoms. The summed E-state index contributed by atoms with van der Waals surface area (Å²) in [4.78, 5) is 13.5. The van der Waals surface area contributed by atoms with Crippen LogP contribution in [0, 0.1) is 5.92 Å². The molecule has 4 heteroatoms. The van der Waals surface area contributed by atoms with Crippen molar-refractivity contribution in [2.24, 2.45) is 5.92 Å². The highest BCUT2D eigenvalue weighted by molar-refractivity contribution is 9.10. The fourth-order valence-electron chi connectivity index (χ4n) is 2.21. The third-order valence-electron chi connectivity index (χ3n) is 3.26. The van der Waals surface area contributed by atoms with Gasteiger partial charge in [0, 0.05) is 13.6 Å². The summed E-state index contributed by atoms with van der Waals surface area (Å²) in [5, 5.41) is 10.2. The van der Waals surface area contributed by atoms with Crippen molar-refractivity contribution in [1.29, 1.82) is 0 Å². The number of hydrogen-bond donors (Lipinski definition) is 1. The lowest BCUT2D eigenvalue weighted by Gasteiger charge is -2.30. The van der Waals surface area contributed by atoms with Gasteiger partial charge in [0.15, 0.2) is 0 Å². The van der Waals surface area contributed by atoms with Crippen LogP contribution in [0.5, 0.6) is 0 Å². The molecular formula is C12H22BrNO2. The molecule has 0 radical (unpaired) electrons. The summed E-state index contributed by atoms with van der Waals surface area (Å²) in [6.45, 7) is 4.48. The predicted octanol–water partition coefficient (Wildman–Crippen LogP) is 2.17. The number of nitrogens with zero attached hydrogens (tertiary/aromatic N) is 1. The van der Waals surface area contributed by atoms with Crippen LogP contribution in [0.2, 0.25) is 0 Å². The molecule has 1 aliphatic rings. The number of hydrogen-bond acceptors (Lipinski definition) is 2. The van der Waals surface area contributed by atoms with Crippen LogP contribution in [0.25, 0.3) is 0 Å². The Morgan fingerprint density at radius 2 is 1.94 bits per heavy atom. The lowest BCUT2D eigenvalue weighted by Crippen LogP contribution is -2.45. The van der Waals surface area contributed by atoms with Gasteiger partial charge in [-0.25, -0.2) is 0 Å². The summed E-state index contributed by atoms with van der Waals surface area (Å²) in [6.07, 6.45) is 3.78. The van der Waals surface area contributed by atoms with Gasteiger partial charge in [-0.15, -0.1) is 0 Å². The van der Waals surface area contributed by atoms with Crippen molar-refractivity contribution in [2.75, 3.05) is 13.6 Å². The van der Waals surface area contributed by atoms with Crippen molar-refractivity contribution in [3.8, 4) is 0 Å². The molecule has 1 aliphatic carbocycles. The van der Waals surface area contributed by atoms with Gasteiger partial charge < -0.3 is 10.0 Å². The molecular weight excluding hydrogens is 270 g/mol. The van der Waals surface area contributed by atoms with E-state index in [1.165, 1.54) is 0 Å². The van der Waals surface area contributed by atoms with Crippen LogP contribution in [-0.2, 0) is 4.79 Å². The molecule has 0 spiro atoms. The summed E-state index contributed by atoms with van der Waals surface area (Å²) < 4.78 is 0. The van der Waals surface area contributed by atoms with Gasteiger partial charge >= 0.3 is 0 Å². The number of carbonyl (C=O) groups is 1. The van der Waals surface area contributed by atoms with Gasteiger partial charge in [-0.05, 0) is 18.8 Å². The second-order valence-corrected chi connectivity index (χ2v) is 6.26. The first-order valence-electron chi connectivity index (χ1n) is 5.97. The van der Waals surface area contributed by atoms with Crippen LogP contribution in [-0.4, -0.2) is 39.9 Å². The van der Waals surface area contributed by atoms with Crippen LogP contribution in [0.1, 0.15) is 39.5 Å². The number of likely N-dealkylation sites (N-methyl/N-ethyl adjacent to an activating group) is 1. The molecule has 0 heterocycles. The molecule has 1 rings (SSSR count). The quantitative estimate of drug-likeness (QED) is 0.807. The van der Waals surface area contributed by atoms with Crippen molar-refractivity contribution in [3.05, 3.63) is 0 Å². The van der Waals surface area contributed by atoms with E-state index in [4.69, 9.17) is 0 Å². The summed E-state index contributed by atoms with van der Waals surface area (Å²) >= 11 is 3.40. The summed E-state index contributed by atoms with van der Waals surface area (Å²) in [5.74, 6) is 0.337. The minimum absolute atomic E-state index is 0.0651. The fourth-order valence-corrected chi connectivity index (χ4v) is 2.56. The first-order chi connectivity index (χ1) is 7.36. The Labute approximate surface area is 106 Å². The van der Waals surface area contributed by atoms with Gasteiger partial charge in [-0.1, -0.05) is 42.6 Å². The lowest BCUT2D eigenvalue weighted by molar-refractivity contribution is -0.133. The maximum Gasteiger partial charge on any atom is 0.236 e. The van der Waals surface area contributed by atoms with Crippen LogP contribution in [0.3, 0.4) is 0 Å². The summed E-state index contributed by atoms with van der Waals surface area (Å²) in [5.41, 5.74) is -0.645. The normalized spacial score (nSPS) is 21.1. The molecule has 1 atom stereocenters. The molecule has 0 saturated heterocycles. The number of halogens is 1. The van der Waals surface area contributed by atoms with E-state index in [-0.39, 0.29) is 16.7 Å². The van der Waals surface area contributed by atoms with Gasteiger partial charge in [0.25, 0.3) is 0 Å². The highest BCUT2D eigenvalue weighted by atomic mass is 79.9. The first kappa shape index (κ1) is 14.0. The van der Waals surface area contributed by atoms with Crippen LogP contribution in [0.15, 0.2) is 0 Å². The van der Waals surface area contributed by atoms with E-state index in [1.807, 2.05) is 13.8 Å². The highest BCUT2D eigenvalue weighted by Gasteiger charge is 2.34. The average Bonchev–Trinajstić information content (AvgIpc) is 2.62. The van der Waals surface area contributed by atoms with E-state index >= 15 is 0 Å². The van der Waals surface area contributed by atoms with Gasteiger partial charge in [0.05, 0.1) is 10.4 Å². The molecule has 1 N–H and O–H groups in total. The van der Waals surface area contributed by atoms with Crippen LogP contribution < -0.4 is 0 Å². The Morgan fingerprint density at radius 3 is 2.38 bits per heavy atom. The minimum atomic E-state index is -0.645. The molecule has 0 aromatic heterocycles. The standard InChI is InChI=1S/C12H22BrNO2/c1-9(2)10(13)11(15)14(3)8-12(16)6-4-5-7-12/h9-10,16H,4-8H2,1-3H3. The Hall–Kier alpha value is -0.0900. The Kier molecular flexibility index (Phi) is 4.80. The Morgan fingerprint density at radius 1 is 1.44 bits per heavy atom. The van der Waals surface area contributed by atoms with Gasteiger partial charge in [-0.3, -0.25) is 4.79 Å². The lowest BCUT2D eigenvalue weighted by atomic mass is 10.0. The highest BCUT2D eigenvalue weighted by Crippen LogP contribution is 2.30. The Bertz CT molecular complexity index is 249. The van der Waals surface area contributed by atoms with Crippen molar-refractivity contribution < 1.29 is 9.90 Å². The molecule has 0 bridgehead atoms. The SMILES string of the molecule is CC(C)C(Br)C(=O)N(C)CC1(O)CCCC1. The summed E-state index contributed by atoms with van der Waals surface area (Å²) in [6, 6.07) is 0. The molecule has 94 valence electrons. The topological polar surface area (TPSA) is 40.5 Å². The third-order valence-corrected chi connectivity index (χ3v) is 4.71. The first-order valence-corrected chi connectivity index (χ1v) is 6.89. The number of alkyl halides is 1. The molecule has 0 aromatic carbocycles. The van der Waals surface area contributed by atoms with Crippen molar-refractivity contribution in [3.63, 3.8) is 0 Å². The number of carbonyl (C=O) groups excluding carboxylic acids is 1. The van der Waals surface area contributed by atoms with E-state index < -0.39 is 5.60 Å². The van der Waals surface area contributed by atoms with Crippen LogP contribution in [0.4, 0.5) is 0 Å². The maximum absolute atomic E-state index is 12.0. The third kappa shape index (κ3) is 3.45. The number of rotatable bonds is 4. The van der Waals surface area contributed by atoms with E-state index in [0.29, 0.717) is 6.54 Å². The van der Waals surface area contributed by atoms with Gasteiger partial charge in [0.1, 0.15) is 0 Å². The van der Waals surface area contributed by atoms with Crippen molar-refractivity contribution in [1.82, 2.24) is 4.90 Å². The average molecular weight is 292 g/mol. The van der Waals surface area contributed by atoms with E-state index in [2.05, 4.69) is 15.9 Å². The summed E-state index contributed by atoms with van der Waals surface area (Å²) in [7, 11) is 1.77. The smallest absolute Gasteiger partial charge is 0.236 e. The molecule has 1 unspecified atom stereocenters. The zero-order valence-electron chi connectivity index (χ0n) is 10.4. The van der Waals surface area contributed by atoms with E-state index in [1.54, 1.807) is 11.9 Å². The number of aliphatic hydroxyl groups is 1. The number of amides is 1. The van der Waals surface area contributed by atoms with Crippen molar-refractivity contribution >= 4 is 21.8 Å².